The molecule has 0 spiro atoms. The van der Waals surface area contributed by atoms with Gasteiger partial charge in [-0.2, -0.15) is 0 Å². The molecule has 0 fully saturated rings. The molecule has 64 valence electrons. The number of hydrogen-bond acceptors (Lipinski definition) is 2. The number of halogens is 1. The van der Waals surface area contributed by atoms with Crippen molar-refractivity contribution in [3.8, 4) is 0 Å². The van der Waals surface area contributed by atoms with Crippen molar-refractivity contribution in [2.45, 2.75) is 20.1 Å². The van der Waals surface area contributed by atoms with E-state index in [9.17, 15) is 4.79 Å². The van der Waals surface area contributed by atoms with Crippen LogP contribution in [0, 0.1) is 6.92 Å². The summed E-state index contributed by atoms with van der Waals surface area (Å²) >= 11 is 3.19. The Labute approximate surface area is 87.2 Å². The van der Waals surface area contributed by atoms with Crippen LogP contribution >= 0.6 is 15.9 Å². The summed E-state index contributed by atoms with van der Waals surface area (Å²) in [5.74, 6) is -1.13. The number of carbonyl (C=O) groups is 1. The fourth-order valence-electron chi connectivity index (χ4n) is 0.728. The Morgan fingerprint density at radius 3 is 3.25 bits per heavy atom. The zero-order chi connectivity index (χ0) is 13.4. The molecule has 0 aliphatic heterocycles. The van der Waals surface area contributed by atoms with Crippen molar-refractivity contribution in [3.63, 3.8) is 0 Å². The maximum absolute atomic E-state index is 11.8. The SMILES string of the molecule is [2H]C([2H])([2H])C([2H])([2H])C(=O)c1cc(C)c(Br)cn1. The minimum atomic E-state index is -3.01. The normalized spacial score (nSPS) is 18.3. The minimum absolute atomic E-state index is 0.188. The fourth-order valence-corrected chi connectivity index (χ4v) is 0.944. The molecule has 0 aliphatic carbocycles. The minimum Gasteiger partial charge on any atom is -0.292 e. The molecule has 1 heterocycles. The third kappa shape index (κ3) is 1.91. The van der Waals surface area contributed by atoms with Gasteiger partial charge in [-0.25, -0.2) is 0 Å². The Morgan fingerprint density at radius 2 is 2.67 bits per heavy atom. The quantitative estimate of drug-likeness (QED) is 0.735. The molecule has 0 unspecified atom stereocenters. The van der Waals surface area contributed by atoms with Crippen molar-refractivity contribution in [2.75, 3.05) is 0 Å². The number of rotatable bonds is 2. The highest BCUT2D eigenvalue weighted by molar-refractivity contribution is 9.10. The van der Waals surface area contributed by atoms with Crippen LogP contribution in [0.4, 0.5) is 0 Å². The highest BCUT2D eigenvalue weighted by Crippen LogP contribution is 2.15. The predicted molar refractivity (Wildman–Crippen MR) is 51.3 cm³/mol. The molecule has 0 aliphatic rings. The molecule has 0 radical (unpaired) electrons. The maximum atomic E-state index is 11.8. The Hall–Kier alpha value is -0.700. The molecule has 3 heteroatoms. The van der Waals surface area contributed by atoms with Gasteiger partial charge < -0.3 is 0 Å². The van der Waals surface area contributed by atoms with Crippen molar-refractivity contribution >= 4 is 21.7 Å². The van der Waals surface area contributed by atoms with Crippen LogP contribution in [0.2, 0.25) is 0 Å². The summed E-state index contributed by atoms with van der Waals surface area (Å²) < 4.78 is 36.4. The highest BCUT2D eigenvalue weighted by atomic mass is 79.9. The van der Waals surface area contributed by atoms with Crippen LogP contribution in [0.5, 0.6) is 0 Å². The smallest absolute Gasteiger partial charge is 0.180 e. The van der Waals surface area contributed by atoms with E-state index in [4.69, 9.17) is 6.85 Å². The first kappa shape index (κ1) is 4.51. The van der Waals surface area contributed by atoms with Crippen LogP contribution in [-0.2, 0) is 0 Å². The lowest BCUT2D eigenvalue weighted by Gasteiger charge is -2.00. The molecule has 12 heavy (non-hydrogen) atoms. The van der Waals surface area contributed by atoms with E-state index >= 15 is 0 Å². The second-order valence-electron chi connectivity index (χ2n) is 2.27. The summed E-state index contributed by atoms with van der Waals surface area (Å²) in [4.78, 5) is 15.5. The molecular weight excluding hydrogens is 218 g/mol. The van der Waals surface area contributed by atoms with Crippen molar-refractivity contribution in [2.24, 2.45) is 0 Å². The predicted octanol–water partition coefficient (Wildman–Crippen LogP) is 2.75. The van der Waals surface area contributed by atoms with Crippen LogP contribution in [0.1, 0.15) is 36.1 Å². The Bertz CT molecular complexity index is 457. The molecule has 2 nitrogen and oxygen atoms in total. The largest absolute Gasteiger partial charge is 0.292 e. The van der Waals surface area contributed by atoms with E-state index in [1.54, 1.807) is 6.92 Å². The third-order valence-electron chi connectivity index (χ3n) is 1.39. The second-order valence-corrected chi connectivity index (χ2v) is 3.13. The van der Waals surface area contributed by atoms with Gasteiger partial charge in [0.1, 0.15) is 5.69 Å². The zero-order valence-corrected chi connectivity index (χ0v) is 7.97. The molecule has 0 bridgehead atoms. The summed E-state index contributed by atoms with van der Waals surface area (Å²) in [6, 6.07) is 1.36. The first-order valence-corrected chi connectivity index (χ1v) is 4.03. The van der Waals surface area contributed by atoms with E-state index < -0.39 is 19.0 Å². The van der Waals surface area contributed by atoms with Crippen LogP contribution < -0.4 is 0 Å². The highest BCUT2D eigenvalue weighted by Gasteiger charge is 2.05. The Morgan fingerprint density at radius 1 is 1.92 bits per heavy atom. The van der Waals surface area contributed by atoms with Gasteiger partial charge in [0.2, 0.25) is 0 Å². The van der Waals surface area contributed by atoms with Crippen LogP contribution in [0.25, 0.3) is 0 Å². The second kappa shape index (κ2) is 3.81. The lowest BCUT2D eigenvalue weighted by Crippen LogP contribution is -2.00. The number of carbonyl (C=O) groups excluding carboxylic acids is 1. The molecule has 1 rings (SSSR count). The number of aromatic nitrogens is 1. The molecular formula is C9H10BrNO. The number of pyridine rings is 1. The van der Waals surface area contributed by atoms with Crippen molar-refractivity contribution in [1.82, 2.24) is 4.98 Å². The van der Waals surface area contributed by atoms with Crippen molar-refractivity contribution in [1.29, 1.82) is 0 Å². The summed E-state index contributed by atoms with van der Waals surface area (Å²) in [6.45, 7) is -1.31. The van der Waals surface area contributed by atoms with Gasteiger partial charge in [0.15, 0.2) is 5.78 Å². The lowest BCUT2D eigenvalue weighted by molar-refractivity contribution is 0.0983. The third-order valence-corrected chi connectivity index (χ3v) is 2.22. The average Bonchev–Trinajstić information content (AvgIpc) is 2.19. The molecule has 0 aromatic carbocycles. The van der Waals surface area contributed by atoms with Gasteiger partial charge in [-0.15, -0.1) is 0 Å². The number of ketones is 1. The van der Waals surface area contributed by atoms with Crippen molar-refractivity contribution < 1.29 is 11.6 Å². The van der Waals surface area contributed by atoms with E-state index in [0.29, 0.717) is 10.0 Å². The lowest BCUT2D eigenvalue weighted by atomic mass is 10.2. The zero-order valence-electron chi connectivity index (χ0n) is 11.4. The summed E-state index contributed by atoms with van der Waals surface area (Å²) in [6.07, 6.45) is -1.58. The van der Waals surface area contributed by atoms with Gasteiger partial charge in [0, 0.05) is 23.9 Å². The molecule has 0 N–H and O–H groups in total. The van der Waals surface area contributed by atoms with E-state index in [1.165, 1.54) is 12.3 Å². The van der Waals surface area contributed by atoms with Gasteiger partial charge in [0.25, 0.3) is 0 Å². The molecule has 0 amide bonds. The summed E-state index contributed by atoms with van der Waals surface area (Å²) in [7, 11) is 0. The van der Waals surface area contributed by atoms with Crippen LogP contribution in [0.15, 0.2) is 16.7 Å². The number of Topliss-reactive ketones (excluding diaryl/α,β-unsaturated/α-hetero) is 1. The maximum Gasteiger partial charge on any atom is 0.180 e. The Kier molecular flexibility index (Phi) is 1.43. The van der Waals surface area contributed by atoms with Gasteiger partial charge >= 0.3 is 0 Å². The molecule has 0 saturated heterocycles. The van der Waals surface area contributed by atoms with Gasteiger partial charge in [0.05, 0.1) is 0 Å². The first-order valence-electron chi connectivity index (χ1n) is 5.74. The topological polar surface area (TPSA) is 30.0 Å². The van der Waals surface area contributed by atoms with Crippen LogP contribution in [0.3, 0.4) is 0 Å². The standard InChI is InChI=1S/C9H10BrNO/c1-3-9(12)8-4-6(2)7(10)5-11-8/h4-5H,3H2,1-2H3/i1D3,3D2. The van der Waals surface area contributed by atoms with E-state index in [-0.39, 0.29) is 5.69 Å². The van der Waals surface area contributed by atoms with E-state index in [2.05, 4.69) is 20.9 Å². The fraction of sp³-hybridized carbons (Fsp3) is 0.333. The summed E-state index contributed by atoms with van der Waals surface area (Å²) in [5, 5.41) is 0. The number of nitrogens with zero attached hydrogens (tertiary/aromatic N) is 1. The monoisotopic (exact) mass is 232 g/mol. The van der Waals surface area contributed by atoms with E-state index in [1.807, 2.05) is 0 Å². The first-order chi connectivity index (χ1) is 7.57. The molecule has 1 aromatic rings. The Balaban J connectivity index is 3.17. The van der Waals surface area contributed by atoms with Gasteiger partial charge in [-0.1, -0.05) is 6.85 Å². The molecule has 0 atom stereocenters. The van der Waals surface area contributed by atoms with Gasteiger partial charge in [-0.3, -0.25) is 9.78 Å². The number of aryl methyl sites for hydroxylation is 1. The molecule has 1 aromatic heterocycles. The molecule has 0 saturated carbocycles. The number of hydrogen-bond donors (Lipinski definition) is 0. The average molecular weight is 233 g/mol. The van der Waals surface area contributed by atoms with Crippen LogP contribution in [-0.4, -0.2) is 10.8 Å². The summed E-state index contributed by atoms with van der Waals surface area (Å²) in [5.41, 5.74) is 0.497. The van der Waals surface area contributed by atoms with Crippen molar-refractivity contribution in [3.05, 3.63) is 28.0 Å². The van der Waals surface area contributed by atoms with E-state index in [0.717, 1.165) is 0 Å². The van der Waals surface area contributed by atoms with Gasteiger partial charge in [-0.05, 0) is 34.5 Å².